The molecule has 3 amide bonds. The van der Waals surface area contributed by atoms with Crippen LogP contribution in [-0.2, 0) is 9.59 Å². The lowest BCUT2D eigenvalue weighted by atomic mass is 10.2. The predicted octanol–water partition coefficient (Wildman–Crippen LogP) is 2.38. The third kappa shape index (κ3) is 7.04. The van der Waals surface area contributed by atoms with Crippen molar-refractivity contribution in [2.75, 3.05) is 44.6 Å². The van der Waals surface area contributed by atoms with Gasteiger partial charge in [0.2, 0.25) is 11.8 Å². The number of rotatable bonds is 7. The molecule has 3 rings (SSSR count). The zero-order valence-electron chi connectivity index (χ0n) is 16.9. The summed E-state index contributed by atoms with van der Waals surface area (Å²) in [5.41, 5.74) is 1.03. The van der Waals surface area contributed by atoms with Gasteiger partial charge in [0.05, 0.1) is 6.54 Å². The third-order valence-corrected chi connectivity index (χ3v) is 5.20. The van der Waals surface area contributed by atoms with Crippen LogP contribution in [0.3, 0.4) is 0 Å². The minimum atomic E-state index is -0.358. The van der Waals surface area contributed by atoms with Gasteiger partial charge in [-0.25, -0.2) is 4.39 Å². The number of carbonyl (C=O) groups is 3. The molecule has 1 aliphatic rings. The summed E-state index contributed by atoms with van der Waals surface area (Å²) in [6.45, 7) is 2.66. The van der Waals surface area contributed by atoms with Crippen LogP contribution in [0.15, 0.2) is 48.5 Å². The number of benzene rings is 2. The molecule has 1 heterocycles. The van der Waals surface area contributed by atoms with Gasteiger partial charge in [0, 0.05) is 55.4 Å². The second-order valence-electron chi connectivity index (χ2n) is 7.22. The van der Waals surface area contributed by atoms with Crippen LogP contribution in [0.2, 0.25) is 5.02 Å². The summed E-state index contributed by atoms with van der Waals surface area (Å²) in [6, 6.07) is 12.1. The van der Waals surface area contributed by atoms with Crippen molar-refractivity contribution in [1.82, 2.24) is 15.1 Å². The van der Waals surface area contributed by atoms with Crippen molar-refractivity contribution in [3.8, 4) is 0 Å². The van der Waals surface area contributed by atoms with Crippen molar-refractivity contribution in [2.24, 2.45) is 0 Å². The van der Waals surface area contributed by atoms with Crippen molar-refractivity contribution in [1.29, 1.82) is 0 Å². The molecular formula is C22H24ClFN4O3. The van der Waals surface area contributed by atoms with Gasteiger partial charge in [-0.3, -0.25) is 19.3 Å². The zero-order valence-corrected chi connectivity index (χ0v) is 17.7. The fraction of sp³-hybridized carbons (Fsp3) is 0.318. The molecule has 0 bridgehead atoms. The number of hydrogen-bond acceptors (Lipinski definition) is 4. The summed E-state index contributed by atoms with van der Waals surface area (Å²) in [4.78, 5) is 40.3. The lowest BCUT2D eigenvalue weighted by molar-refractivity contribution is -0.132. The van der Waals surface area contributed by atoms with Crippen LogP contribution in [0.5, 0.6) is 0 Å². The molecule has 1 fully saturated rings. The van der Waals surface area contributed by atoms with E-state index in [1.807, 2.05) is 4.90 Å². The predicted molar refractivity (Wildman–Crippen MR) is 116 cm³/mol. The van der Waals surface area contributed by atoms with Crippen LogP contribution in [0.1, 0.15) is 16.8 Å². The van der Waals surface area contributed by atoms with Crippen LogP contribution in [0.4, 0.5) is 10.1 Å². The first-order chi connectivity index (χ1) is 14.9. The monoisotopic (exact) mass is 446 g/mol. The Hall–Kier alpha value is -2.97. The summed E-state index contributed by atoms with van der Waals surface area (Å²) >= 11 is 5.81. The molecule has 2 aromatic rings. The maximum atomic E-state index is 12.9. The number of nitrogens with zero attached hydrogens (tertiary/aromatic N) is 2. The van der Waals surface area contributed by atoms with Crippen LogP contribution >= 0.6 is 11.6 Å². The van der Waals surface area contributed by atoms with Gasteiger partial charge in [0.25, 0.3) is 5.91 Å². The molecule has 2 N–H and O–H groups in total. The Bertz CT molecular complexity index is 913. The van der Waals surface area contributed by atoms with Gasteiger partial charge in [-0.1, -0.05) is 11.6 Å². The van der Waals surface area contributed by atoms with Crippen molar-refractivity contribution in [3.05, 3.63) is 64.9 Å². The van der Waals surface area contributed by atoms with E-state index in [4.69, 9.17) is 11.6 Å². The Balaban J connectivity index is 1.34. The summed E-state index contributed by atoms with van der Waals surface area (Å²) in [7, 11) is 0. The second kappa shape index (κ2) is 10.9. The van der Waals surface area contributed by atoms with E-state index in [-0.39, 0.29) is 43.0 Å². The van der Waals surface area contributed by atoms with Crippen molar-refractivity contribution in [2.45, 2.75) is 6.42 Å². The smallest absolute Gasteiger partial charge is 0.251 e. The van der Waals surface area contributed by atoms with E-state index in [0.29, 0.717) is 42.5 Å². The highest BCUT2D eigenvalue weighted by molar-refractivity contribution is 6.30. The van der Waals surface area contributed by atoms with E-state index in [2.05, 4.69) is 10.6 Å². The van der Waals surface area contributed by atoms with Crippen molar-refractivity contribution < 1.29 is 18.8 Å². The molecule has 164 valence electrons. The fourth-order valence-electron chi connectivity index (χ4n) is 3.24. The number of hydrogen-bond donors (Lipinski definition) is 2. The van der Waals surface area contributed by atoms with Crippen molar-refractivity contribution in [3.63, 3.8) is 0 Å². The quantitative estimate of drug-likeness (QED) is 0.684. The average Bonchev–Trinajstić information content (AvgIpc) is 2.76. The summed E-state index contributed by atoms with van der Waals surface area (Å²) < 4.78 is 12.9. The number of piperazine rings is 1. The summed E-state index contributed by atoms with van der Waals surface area (Å²) in [5.74, 6) is -0.826. The van der Waals surface area contributed by atoms with Gasteiger partial charge in [-0.05, 0) is 48.5 Å². The second-order valence-corrected chi connectivity index (χ2v) is 7.66. The van der Waals surface area contributed by atoms with Gasteiger partial charge in [-0.15, -0.1) is 0 Å². The molecule has 0 atom stereocenters. The van der Waals surface area contributed by atoms with E-state index >= 15 is 0 Å². The molecule has 0 saturated carbocycles. The maximum absolute atomic E-state index is 12.9. The summed E-state index contributed by atoms with van der Waals surface area (Å²) in [6.07, 6.45) is 0.213. The van der Waals surface area contributed by atoms with Crippen LogP contribution < -0.4 is 10.6 Å². The van der Waals surface area contributed by atoms with E-state index in [9.17, 15) is 18.8 Å². The minimum absolute atomic E-state index is 0.0354. The first-order valence-corrected chi connectivity index (χ1v) is 10.4. The Labute approximate surface area is 185 Å². The molecule has 0 spiro atoms. The van der Waals surface area contributed by atoms with Gasteiger partial charge in [-0.2, -0.15) is 0 Å². The first kappa shape index (κ1) is 22.7. The largest absolute Gasteiger partial charge is 0.352 e. The fourth-order valence-corrected chi connectivity index (χ4v) is 3.36. The van der Waals surface area contributed by atoms with Gasteiger partial charge < -0.3 is 15.5 Å². The molecule has 31 heavy (non-hydrogen) atoms. The van der Waals surface area contributed by atoms with E-state index in [0.717, 1.165) is 0 Å². The molecule has 0 aliphatic carbocycles. The normalized spacial score (nSPS) is 14.2. The SMILES string of the molecule is O=C(CN1CCN(C(=O)CCNC(=O)c2ccc(Cl)cc2)CC1)Nc1ccc(F)cc1. The molecule has 0 unspecified atom stereocenters. The van der Waals surface area contributed by atoms with E-state index < -0.39 is 0 Å². The third-order valence-electron chi connectivity index (χ3n) is 4.95. The Morgan fingerprint density at radius 2 is 1.58 bits per heavy atom. The standard InChI is InChI=1S/C22H24ClFN4O3/c23-17-3-1-16(2-4-17)22(31)25-10-9-21(30)28-13-11-27(12-14-28)15-20(29)26-19-7-5-18(24)6-8-19/h1-8H,9-15H2,(H,25,31)(H,26,29). The number of amides is 3. The Morgan fingerprint density at radius 1 is 0.935 bits per heavy atom. The van der Waals surface area contributed by atoms with Gasteiger partial charge in [0.15, 0.2) is 0 Å². The Morgan fingerprint density at radius 3 is 2.23 bits per heavy atom. The van der Waals surface area contributed by atoms with Crippen molar-refractivity contribution >= 4 is 35.0 Å². The van der Waals surface area contributed by atoms with Crippen LogP contribution in [0.25, 0.3) is 0 Å². The molecule has 2 aromatic carbocycles. The topological polar surface area (TPSA) is 81.8 Å². The highest BCUT2D eigenvalue weighted by Gasteiger charge is 2.22. The minimum Gasteiger partial charge on any atom is -0.352 e. The molecular weight excluding hydrogens is 423 g/mol. The van der Waals surface area contributed by atoms with Crippen LogP contribution in [-0.4, -0.2) is 66.8 Å². The highest BCUT2D eigenvalue weighted by atomic mass is 35.5. The molecule has 0 aromatic heterocycles. The Kier molecular flexibility index (Phi) is 7.97. The van der Waals surface area contributed by atoms with Gasteiger partial charge >= 0.3 is 0 Å². The first-order valence-electron chi connectivity index (χ1n) is 10.00. The number of nitrogens with one attached hydrogen (secondary N) is 2. The molecule has 7 nitrogen and oxygen atoms in total. The van der Waals surface area contributed by atoms with E-state index in [1.54, 1.807) is 29.2 Å². The number of anilines is 1. The summed E-state index contributed by atoms with van der Waals surface area (Å²) in [5, 5.41) is 6.02. The van der Waals surface area contributed by atoms with Gasteiger partial charge in [0.1, 0.15) is 5.82 Å². The number of carbonyl (C=O) groups excluding carboxylic acids is 3. The zero-order chi connectivity index (χ0) is 22.2. The maximum Gasteiger partial charge on any atom is 0.251 e. The molecule has 9 heteroatoms. The molecule has 1 aliphatic heterocycles. The lowest BCUT2D eigenvalue weighted by Crippen LogP contribution is -2.50. The number of halogens is 2. The highest BCUT2D eigenvalue weighted by Crippen LogP contribution is 2.10. The lowest BCUT2D eigenvalue weighted by Gasteiger charge is -2.34. The molecule has 0 radical (unpaired) electrons. The molecule has 1 saturated heterocycles. The average molecular weight is 447 g/mol. The van der Waals surface area contributed by atoms with Crippen LogP contribution in [0, 0.1) is 5.82 Å². The van der Waals surface area contributed by atoms with E-state index in [1.165, 1.54) is 24.3 Å².